The van der Waals surface area contributed by atoms with E-state index in [0.29, 0.717) is 6.42 Å². The molecule has 0 saturated carbocycles. The van der Waals surface area contributed by atoms with Crippen molar-refractivity contribution in [2.24, 2.45) is 0 Å². The van der Waals surface area contributed by atoms with Crippen LogP contribution >= 0.6 is 11.6 Å². The largest absolute Gasteiger partial charge is 0.356 e. The van der Waals surface area contributed by atoms with E-state index in [1.54, 1.807) is 0 Å². The van der Waals surface area contributed by atoms with E-state index in [9.17, 15) is 4.79 Å². The van der Waals surface area contributed by atoms with Gasteiger partial charge >= 0.3 is 0 Å². The molecule has 1 aromatic carbocycles. The van der Waals surface area contributed by atoms with Gasteiger partial charge in [0.15, 0.2) is 0 Å². The van der Waals surface area contributed by atoms with E-state index in [-0.39, 0.29) is 5.91 Å². The van der Waals surface area contributed by atoms with Crippen molar-refractivity contribution in [1.82, 2.24) is 14.9 Å². The van der Waals surface area contributed by atoms with Crippen LogP contribution in [0.1, 0.15) is 37.1 Å². The fraction of sp³-hybridized carbons (Fsp3) is 0.522. The number of hydrogen-bond acceptors (Lipinski definition) is 5. The Morgan fingerprint density at radius 3 is 2.27 bits per heavy atom. The van der Waals surface area contributed by atoms with Gasteiger partial charge in [0.1, 0.15) is 17.5 Å². The molecule has 3 heterocycles. The van der Waals surface area contributed by atoms with Crippen LogP contribution in [-0.4, -0.2) is 60.0 Å². The van der Waals surface area contributed by atoms with Crippen LogP contribution in [0, 0.1) is 6.92 Å². The first kappa shape index (κ1) is 20.9. The minimum absolute atomic E-state index is 0.211. The molecule has 0 N–H and O–H groups in total. The van der Waals surface area contributed by atoms with Crippen molar-refractivity contribution in [2.75, 3.05) is 49.1 Å². The first-order valence-corrected chi connectivity index (χ1v) is 11.3. The molecule has 0 spiro atoms. The van der Waals surface area contributed by atoms with Crippen LogP contribution in [0.2, 0.25) is 5.02 Å². The van der Waals surface area contributed by atoms with Gasteiger partial charge in [0, 0.05) is 56.8 Å². The third-order valence-electron chi connectivity index (χ3n) is 5.96. The monoisotopic (exact) mass is 427 g/mol. The molecular formula is C23H30ClN5O. The highest BCUT2D eigenvalue weighted by Gasteiger charge is 2.23. The summed E-state index contributed by atoms with van der Waals surface area (Å²) in [5.74, 6) is 3.04. The third kappa shape index (κ3) is 5.22. The van der Waals surface area contributed by atoms with Crippen LogP contribution < -0.4 is 9.80 Å². The summed E-state index contributed by atoms with van der Waals surface area (Å²) in [6.07, 6.45) is 5.01. The van der Waals surface area contributed by atoms with Gasteiger partial charge in [-0.2, -0.15) is 0 Å². The number of piperazine rings is 1. The zero-order chi connectivity index (χ0) is 20.9. The highest BCUT2D eigenvalue weighted by Crippen LogP contribution is 2.23. The highest BCUT2D eigenvalue weighted by atomic mass is 35.5. The van der Waals surface area contributed by atoms with E-state index in [2.05, 4.69) is 25.8 Å². The van der Waals surface area contributed by atoms with E-state index in [0.717, 1.165) is 73.7 Å². The number of carbonyl (C=O) groups excluding carboxylic acids is 1. The van der Waals surface area contributed by atoms with Gasteiger partial charge in [0.2, 0.25) is 5.91 Å². The Morgan fingerprint density at radius 2 is 1.60 bits per heavy atom. The number of aromatic nitrogens is 2. The van der Waals surface area contributed by atoms with Gasteiger partial charge in [-0.25, -0.2) is 9.97 Å². The molecule has 6 nitrogen and oxygen atoms in total. The fourth-order valence-corrected chi connectivity index (χ4v) is 4.48. The van der Waals surface area contributed by atoms with Crippen molar-refractivity contribution in [1.29, 1.82) is 0 Å². The number of benzene rings is 1. The molecule has 0 aliphatic carbocycles. The second-order valence-electron chi connectivity index (χ2n) is 8.18. The molecule has 0 radical (unpaired) electrons. The number of halogens is 1. The summed E-state index contributed by atoms with van der Waals surface area (Å²) in [7, 11) is 0. The Morgan fingerprint density at radius 1 is 0.933 bits per heavy atom. The first-order valence-electron chi connectivity index (χ1n) is 11.0. The number of carbonyl (C=O) groups is 1. The number of piperidine rings is 1. The van der Waals surface area contributed by atoms with Gasteiger partial charge in [-0.1, -0.05) is 23.7 Å². The van der Waals surface area contributed by atoms with Crippen LogP contribution in [0.3, 0.4) is 0 Å². The van der Waals surface area contributed by atoms with Crippen molar-refractivity contribution in [3.05, 3.63) is 46.7 Å². The Labute approximate surface area is 183 Å². The average molecular weight is 428 g/mol. The van der Waals surface area contributed by atoms with Crippen LogP contribution in [0.5, 0.6) is 0 Å². The van der Waals surface area contributed by atoms with E-state index >= 15 is 0 Å². The van der Waals surface area contributed by atoms with Gasteiger partial charge < -0.3 is 14.7 Å². The minimum Gasteiger partial charge on any atom is -0.356 e. The van der Waals surface area contributed by atoms with Crippen LogP contribution in [0.25, 0.3) is 0 Å². The second-order valence-corrected chi connectivity index (χ2v) is 8.61. The lowest BCUT2D eigenvalue weighted by atomic mass is 10.1. The van der Waals surface area contributed by atoms with Gasteiger partial charge in [0.25, 0.3) is 0 Å². The zero-order valence-corrected chi connectivity index (χ0v) is 18.4. The molecule has 2 aliphatic heterocycles. The SMILES string of the molecule is Cc1nc(N2CCCCC2)cc(N2CCN(C(=O)CCc3cccc(Cl)c3)CC2)n1. The Kier molecular flexibility index (Phi) is 6.72. The molecule has 2 aliphatic rings. The quantitative estimate of drug-likeness (QED) is 0.728. The van der Waals surface area contributed by atoms with E-state index in [4.69, 9.17) is 11.6 Å². The number of nitrogens with zero attached hydrogens (tertiary/aromatic N) is 5. The zero-order valence-electron chi connectivity index (χ0n) is 17.7. The molecule has 30 heavy (non-hydrogen) atoms. The molecule has 0 atom stereocenters. The molecule has 160 valence electrons. The summed E-state index contributed by atoms with van der Waals surface area (Å²) in [6.45, 7) is 7.19. The summed E-state index contributed by atoms with van der Waals surface area (Å²) in [6, 6.07) is 9.87. The van der Waals surface area contributed by atoms with Gasteiger partial charge in [-0.15, -0.1) is 0 Å². The summed E-state index contributed by atoms with van der Waals surface area (Å²) in [5.41, 5.74) is 1.11. The van der Waals surface area contributed by atoms with Crippen molar-refractivity contribution >= 4 is 29.1 Å². The summed E-state index contributed by atoms with van der Waals surface area (Å²) >= 11 is 6.04. The number of aryl methyl sites for hydroxylation is 2. The number of anilines is 2. The average Bonchev–Trinajstić information content (AvgIpc) is 2.78. The molecule has 2 fully saturated rings. The molecule has 1 amide bonds. The van der Waals surface area contributed by atoms with Crippen molar-refractivity contribution < 1.29 is 4.79 Å². The van der Waals surface area contributed by atoms with Crippen molar-refractivity contribution in [3.63, 3.8) is 0 Å². The van der Waals surface area contributed by atoms with E-state index in [1.165, 1.54) is 19.3 Å². The second kappa shape index (κ2) is 9.65. The smallest absolute Gasteiger partial charge is 0.223 e. The predicted molar refractivity (Wildman–Crippen MR) is 121 cm³/mol. The lowest BCUT2D eigenvalue weighted by Gasteiger charge is -2.36. The van der Waals surface area contributed by atoms with Gasteiger partial charge in [0.05, 0.1) is 0 Å². The van der Waals surface area contributed by atoms with Crippen molar-refractivity contribution in [2.45, 2.75) is 39.0 Å². The van der Waals surface area contributed by atoms with Gasteiger partial charge in [-0.05, 0) is 50.3 Å². The predicted octanol–water partition coefficient (Wildman–Crippen LogP) is 3.71. The molecule has 7 heteroatoms. The molecule has 1 aromatic heterocycles. The molecular weight excluding hydrogens is 398 g/mol. The minimum atomic E-state index is 0.211. The maximum absolute atomic E-state index is 12.7. The normalized spacial score (nSPS) is 17.3. The van der Waals surface area contributed by atoms with Crippen LogP contribution in [-0.2, 0) is 11.2 Å². The van der Waals surface area contributed by atoms with Gasteiger partial charge in [-0.3, -0.25) is 4.79 Å². The third-order valence-corrected chi connectivity index (χ3v) is 6.20. The summed E-state index contributed by atoms with van der Waals surface area (Å²) in [4.78, 5) is 28.6. The topological polar surface area (TPSA) is 52.6 Å². The Balaban J connectivity index is 1.32. The number of rotatable bonds is 5. The highest BCUT2D eigenvalue weighted by molar-refractivity contribution is 6.30. The molecule has 2 aromatic rings. The summed E-state index contributed by atoms with van der Waals surface area (Å²) < 4.78 is 0. The summed E-state index contributed by atoms with van der Waals surface area (Å²) in [5, 5.41) is 0.720. The van der Waals surface area contributed by atoms with Crippen LogP contribution in [0.15, 0.2) is 30.3 Å². The molecule has 0 unspecified atom stereocenters. The number of hydrogen-bond donors (Lipinski definition) is 0. The van der Waals surface area contributed by atoms with E-state index in [1.807, 2.05) is 36.1 Å². The van der Waals surface area contributed by atoms with Crippen LogP contribution in [0.4, 0.5) is 11.6 Å². The standard InChI is InChI=1S/C23H30ClN5O/c1-18-25-21(27-10-3-2-4-11-27)17-22(26-18)28-12-14-29(15-13-28)23(30)9-8-19-6-5-7-20(24)16-19/h5-7,16-17H,2-4,8-15H2,1H3. The maximum Gasteiger partial charge on any atom is 0.223 e. The van der Waals surface area contributed by atoms with E-state index < -0.39 is 0 Å². The fourth-order valence-electron chi connectivity index (χ4n) is 4.27. The van der Waals surface area contributed by atoms with Crippen molar-refractivity contribution in [3.8, 4) is 0 Å². The first-order chi connectivity index (χ1) is 14.6. The lowest BCUT2D eigenvalue weighted by Crippen LogP contribution is -2.49. The maximum atomic E-state index is 12.7. The lowest BCUT2D eigenvalue weighted by molar-refractivity contribution is -0.131. The Hall–Kier alpha value is -2.34. The number of amides is 1. The molecule has 0 bridgehead atoms. The molecule has 2 saturated heterocycles. The Bertz CT molecular complexity index is 876. The molecule has 4 rings (SSSR count).